The van der Waals surface area contributed by atoms with Crippen LogP contribution in [0.5, 0.6) is 0 Å². The molecule has 1 fully saturated rings. The van der Waals surface area contributed by atoms with E-state index in [4.69, 9.17) is 11.6 Å². The highest BCUT2D eigenvalue weighted by atomic mass is 35.5. The minimum absolute atomic E-state index is 0.00587. The number of nitrogens with one attached hydrogen (secondary N) is 3. The number of aromatic amines is 1. The minimum Gasteiger partial charge on any atom is -0.322 e. The molecule has 168 valence electrons. The number of para-hydroxylation sites is 1. The number of H-pyrrole nitrogens is 1. The van der Waals surface area contributed by atoms with Gasteiger partial charge in [0.2, 0.25) is 0 Å². The molecule has 8 nitrogen and oxygen atoms in total. The maximum atomic E-state index is 14.8. The Morgan fingerprint density at radius 2 is 1.91 bits per heavy atom. The maximum absolute atomic E-state index is 14.8. The van der Waals surface area contributed by atoms with Crippen molar-refractivity contribution in [2.45, 2.75) is 31.3 Å². The Balaban J connectivity index is 1.35. The molecule has 10 heteroatoms. The third-order valence-corrected chi connectivity index (χ3v) is 6.32. The molecule has 1 saturated heterocycles. The Hall–Kier alpha value is -3.72. The lowest BCUT2D eigenvalue weighted by Gasteiger charge is -2.35. The summed E-state index contributed by atoms with van der Waals surface area (Å²) in [6.45, 7) is 0. The number of nitrogens with zero attached hydrogens (tertiary/aromatic N) is 2. The maximum Gasteiger partial charge on any atom is 0.322 e. The first-order chi connectivity index (χ1) is 15.9. The molecule has 2 unspecified atom stereocenters. The number of rotatable bonds is 3. The molecular weight excluding hydrogens is 449 g/mol. The summed E-state index contributed by atoms with van der Waals surface area (Å²) in [6.07, 6.45) is 1.97. The number of fused-ring (bicyclic) bond motifs is 4. The van der Waals surface area contributed by atoms with Crippen LogP contribution in [0.2, 0.25) is 5.02 Å². The lowest BCUT2D eigenvalue weighted by Crippen LogP contribution is -2.45. The number of urea groups is 1. The molecule has 2 aliphatic heterocycles. The highest BCUT2D eigenvalue weighted by molar-refractivity contribution is 6.34. The van der Waals surface area contributed by atoms with Gasteiger partial charge in [0.25, 0.3) is 11.5 Å². The number of hydrogen-bond donors (Lipinski definition) is 3. The summed E-state index contributed by atoms with van der Waals surface area (Å²) in [5.41, 5.74) is 1.59. The first kappa shape index (κ1) is 21.1. The van der Waals surface area contributed by atoms with Gasteiger partial charge >= 0.3 is 6.03 Å². The van der Waals surface area contributed by atoms with Gasteiger partial charge in [-0.3, -0.25) is 9.59 Å². The van der Waals surface area contributed by atoms with Gasteiger partial charge in [-0.2, -0.15) is 5.10 Å². The van der Waals surface area contributed by atoms with Crippen LogP contribution in [-0.4, -0.2) is 33.1 Å². The van der Waals surface area contributed by atoms with Gasteiger partial charge in [0.15, 0.2) is 0 Å². The quantitative estimate of drug-likeness (QED) is 0.538. The molecular formula is C23H19ClFN5O3. The molecule has 2 aromatic carbocycles. The highest BCUT2D eigenvalue weighted by Crippen LogP contribution is 2.42. The van der Waals surface area contributed by atoms with Gasteiger partial charge < -0.3 is 15.5 Å². The summed E-state index contributed by atoms with van der Waals surface area (Å²) >= 11 is 6.25. The number of hydrogen-bond acceptors (Lipinski definition) is 4. The molecule has 2 bridgehead atoms. The van der Waals surface area contributed by atoms with Gasteiger partial charge in [-0.1, -0.05) is 29.8 Å². The van der Waals surface area contributed by atoms with E-state index in [-0.39, 0.29) is 33.9 Å². The average molecular weight is 468 g/mol. The number of carbonyl (C=O) groups excluding carboxylic acids is 2. The second kappa shape index (κ2) is 8.32. The van der Waals surface area contributed by atoms with E-state index in [1.54, 1.807) is 29.2 Å². The van der Waals surface area contributed by atoms with Crippen molar-refractivity contribution in [2.75, 3.05) is 10.6 Å². The van der Waals surface area contributed by atoms with Crippen molar-refractivity contribution in [2.24, 2.45) is 0 Å². The molecule has 3 N–H and O–H groups in total. The van der Waals surface area contributed by atoms with E-state index in [0.717, 1.165) is 18.1 Å². The molecule has 3 heterocycles. The molecule has 3 aromatic rings. The first-order valence-corrected chi connectivity index (χ1v) is 10.8. The van der Waals surface area contributed by atoms with Crippen molar-refractivity contribution < 1.29 is 14.0 Å². The fourth-order valence-electron chi connectivity index (χ4n) is 4.53. The topological polar surface area (TPSA) is 107 Å². The number of carbonyl (C=O) groups is 2. The minimum atomic E-state index is -0.779. The van der Waals surface area contributed by atoms with E-state index in [1.807, 2.05) is 6.07 Å². The standard InChI is InChI=1S/C23H19ClFN5O3/c24-16-11-18(17(25)10-15(16)22(32)26-13-4-2-1-3-5-13)27-23(33)30-14-6-7-19(30)21-12(8-14)9-20(31)28-29-21/h1-5,9-11,14,19H,6-8H2,(H,26,32)(H,27,33)(H,28,31). The van der Waals surface area contributed by atoms with Crippen LogP contribution in [0, 0.1) is 5.82 Å². The summed E-state index contributed by atoms with van der Waals surface area (Å²) < 4.78 is 14.8. The predicted molar refractivity (Wildman–Crippen MR) is 121 cm³/mol. The second-order valence-corrected chi connectivity index (χ2v) is 8.47. The number of benzene rings is 2. The van der Waals surface area contributed by atoms with Crippen molar-refractivity contribution in [1.29, 1.82) is 0 Å². The summed E-state index contributed by atoms with van der Waals surface area (Å²) in [5, 5.41) is 11.8. The molecule has 2 aliphatic rings. The van der Waals surface area contributed by atoms with Gasteiger partial charge in [-0.25, -0.2) is 14.3 Å². The monoisotopic (exact) mass is 467 g/mol. The van der Waals surface area contributed by atoms with Gasteiger partial charge in [0.1, 0.15) is 5.82 Å². The molecule has 2 atom stereocenters. The Morgan fingerprint density at radius 3 is 2.70 bits per heavy atom. The molecule has 3 amide bonds. The number of amides is 3. The second-order valence-electron chi connectivity index (χ2n) is 8.06. The molecule has 0 saturated carbocycles. The van der Waals surface area contributed by atoms with Gasteiger partial charge in [-0.05, 0) is 49.1 Å². The lowest BCUT2D eigenvalue weighted by atomic mass is 9.99. The van der Waals surface area contributed by atoms with E-state index in [9.17, 15) is 18.8 Å². The van der Waals surface area contributed by atoms with E-state index in [2.05, 4.69) is 20.8 Å². The van der Waals surface area contributed by atoms with E-state index >= 15 is 0 Å². The van der Waals surface area contributed by atoms with Gasteiger partial charge in [-0.15, -0.1) is 0 Å². The van der Waals surface area contributed by atoms with E-state index < -0.39 is 17.8 Å². The third-order valence-electron chi connectivity index (χ3n) is 6.00. The zero-order chi connectivity index (χ0) is 23.1. The molecule has 5 rings (SSSR count). The fraction of sp³-hybridized carbons (Fsp3) is 0.217. The van der Waals surface area contributed by atoms with E-state index in [1.165, 1.54) is 12.1 Å². The summed E-state index contributed by atoms with van der Waals surface area (Å²) in [7, 11) is 0. The van der Waals surface area contributed by atoms with Crippen LogP contribution in [0.15, 0.2) is 53.3 Å². The summed E-state index contributed by atoms with van der Waals surface area (Å²) in [5.74, 6) is -1.34. The average Bonchev–Trinajstić information content (AvgIpc) is 3.11. The number of anilines is 2. The van der Waals surface area contributed by atoms with Crippen LogP contribution in [0.4, 0.5) is 20.6 Å². The molecule has 33 heavy (non-hydrogen) atoms. The van der Waals surface area contributed by atoms with E-state index in [0.29, 0.717) is 24.2 Å². The lowest BCUT2D eigenvalue weighted by molar-refractivity contribution is 0.102. The van der Waals surface area contributed by atoms with Crippen LogP contribution in [0.3, 0.4) is 0 Å². The zero-order valence-corrected chi connectivity index (χ0v) is 18.0. The summed E-state index contributed by atoms with van der Waals surface area (Å²) in [4.78, 5) is 38.8. The zero-order valence-electron chi connectivity index (χ0n) is 17.3. The molecule has 1 aromatic heterocycles. The molecule has 0 aliphatic carbocycles. The number of halogens is 2. The van der Waals surface area contributed by atoms with Crippen LogP contribution in [0.1, 0.15) is 40.5 Å². The highest BCUT2D eigenvalue weighted by Gasteiger charge is 2.44. The molecule has 0 spiro atoms. The Bertz CT molecular complexity index is 1310. The number of aromatic nitrogens is 2. The van der Waals surface area contributed by atoms with Crippen LogP contribution >= 0.6 is 11.6 Å². The van der Waals surface area contributed by atoms with Crippen LogP contribution < -0.4 is 16.2 Å². The normalized spacial score (nSPS) is 18.5. The fourth-order valence-corrected chi connectivity index (χ4v) is 4.78. The van der Waals surface area contributed by atoms with Crippen molar-refractivity contribution >= 4 is 34.9 Å². The van der Waals surface area contributed by atoms with Crippen LogP contribution in [0.25, 0.3) is 0 Å². The van der Waals surface area contributed by atoms with Crippen molar-refractivity contribution in [3.63, 3.8) is 0 Å². The third kappa shape index (κ3) is 3.95. The van der Waals surface area contributed by atoms with Gasteiger partial charge in [0, 0.05) is 17.8 Å². The van der Waals surface area contributed by atoms with Crippen molar-refractivity contribution in [3.8, 4) is 0 Å². The Labute approximate surface area is 192 Å². The summed E-state index contributed by atoms with van der Waals surface area (Å²) in [6, 6.07) is 11.6. The Kier molecular flexibility index (Phi) is 5.33. The SMILES string of the molecule is O=C(Nc1ccccc1)c1cc(F)c(NC(=O)N2C3CCC2c2n[nH]c(=O)cc2C3)cc1Cl. The predicted octanol–water partition coefficient (Wildman–Crippen LogP) is 4.11. The van der Waals surface area contributed by atoms with Crippen molar-refractivity contribution in [3.05, 3.63) is 86.5 Å². The Morgan fingerprint density at radius 1 is 1.12 bits per heavy atom. The van der Waals surface area contributed by atoms with Crippen molar-refractivity contribution in [1.82, 2.24) is 15.1 Å². The van der Waals surface area contributed by atoms with Gasteiger partial charge in [0.05, 0.1) is 28.0 Å². The largest absolute Gasteiger partial charge is 0.322 e. The first-order valence-electron chi connectivity index (χ1n) is 10.4. The molecule has 0 radical (unpaired) electrons. The smallest absolute Gasteiger partial charge is 0.322 e. The van der Waals surface area contributed by atoms with Crippen LogP contribution in [-0.2, 0) is 6.42 Å².